The van der Waals surface area contributed by atoms with E-state index in [0.717, 1.165) is 36.5 Å². The number of hydrogen-bond acceptors (Lipinski definition) is 5. The van der Waals surface area contributed by atoms with E-state index in [4.69, 9.17) is 0 Å². The first-order valence-corrected chi connectivity index (χ1v) is 9.29. The van der Waals surface area contributed by atoms with Gasteiger partial charge in [-0.2, -0.15) is 0 Å². The zero-order chi connectivity index (χ0) is 16.9. The van der Waals surface area contributed by atoms with Crippen LogP contribution < -0.4 is 5.32 Å². The number of amides is 1. The molecule has 3 rings (SSSR count). The maximum atomic E-state index is 12.6. The summed E-state index contributed by atoms with van der Waals surface area (Å²) in [5, 5.41) is 7.26. The third kappa shape index (κ3) is 3.99. The monoisotopic (exact) mass is 344 g/mol. The number of benzene rings is 1. The molecule has 1 N–H and O–H groups in total. The van der Waals surface area contributed by atoms with Gasteiger partial charge >= 0.3 is 0 Å². The zero-order valence-electron chi connectivity index (χ0n) is 14.2. The van der Waals surface area contributed by atoms with E-state index in [1.54, 1.807) is 0 Å². The largest absolute Gasteiger partial charge is 0.350 e. The predicted molar refractivity (Wildman–Crippen MR) is 95.7 cm³/mol. The van der Waals surface area contributed by atoms with Crippen LogP contribution in [0, 0.1) is 0 Å². The lowest BCUT2D eigenvalue weighted by atomic mass is 10.1. The molecule has 2 aromatic rings. The van der Waals surface area contributed by atoms with Gasteiger partial charge in [-0.1, -0.05) is 48.7 Å². The van der Waals surface area contributed by atoms with Crippen molar-refractivity contribution in [2.24, 2.45) is 0 Å². The van der Waals surface area contributed by atoms with Gasteiger partial charge in [0.05, 0.1) is 23.2 Å². The van der Waals surface area contributed by atoms with Gasteiger partial charge in [0.2, 0.25) is 5.91 Å². The second kappa shape index (κ2) is 7.85. The van der Waals surface area contributed by atoms with E-state index in [1.807, 2.05) is 18.2 Å². The average Bonchev–Trinajstić information content (AvgIpc) is 3.22. The highest BCUT2D eigenvalue weighted by molar-refractivity contribution is 7.05. The highest BCUT2D eigenvalue weighted by Crippen LogP contribution is 2.22. The molecule has 6 heteroatoms. The fourth-order valence-corrected chi connectivity index (χ4v) is 3.93. The van der Waals surface area contributed by atoms with Gasteiger partial charge in [0.25, 0.3) is 0 Å². The summed E-state index contributed by atoms with van der Waals surface area (Å²) >= 11 is 1.38. The minimum absolute atomic E-state index is 0.0337. The lowest BCUT2D eigenvalue weighted by Crippen LogP contribution is -2.42. The molecule has 1 fully saturated rings. The van der Waals surface area contributed by atoms with Crippen LogP contribution in [-0.4, -0.2) is 33.0 Å². The molecule has 1 aromatic heterocycles. The Hall–Kier alpha value is -1.79. The van der Waals surface area contributed by atoms with Gasteiger partial charge in [-0.05, 0) is 42.4 Å². The smallest absolute Gasteiger partial charge is 0.237 e. The highest BCUT2D eigenvalue weighted by atomic mass is 32.1. The average molecular weight is 344 g/mol. The second-order valence-corrected chi connectivity index (χ2v) is 7.41. The maximum absolute atomic E-state index is 12.6. The molecule has 24 heavy (non-hydrogen) atoms. The Labute approximate surface area is 147 Å². The number of carbonyl (C=O) groups excluding carboxylic acids is 1. The molecule has 0 aliphatic carbocycles. The number of nitrogens with zero attached hydrogens (tertiary/aromatic N) is 3. The third-order valence-corrected chi connectivity index (χ3v) is 5.19. The Morgan fingerprint density at radius 1 is 1.38 bits per heavy atom. The van der Waals surface area contributed by atoms with Crippen molar-refractivity contribution in [3.05, 3.63) is 46.5 Å². The highest BCUT2D eigenvalue weighted by Gasteiger charge is 2.30. The van der Waals surface area contributed by atoms with Gasteiger partial charge in [-0.25, -0.2) is 0 Å². The number of carbonyl (C=O) groups is 1. The van der Waals surface area contributed by atoms with Crippen LogP contribution >= 0.6 is 11.5 Å². The first-order chi connectivity index (χ1) is 11.6. The van der Waals surface area contributed by atoms with Crippen molar-refractivity contribution in [3.8, 4) is 0 Å². The number of aromatic nitrogens is 2. The molecule has 128 valence electrons. The Morgan fingerprint density at radius 3 is 2.92 bits per heavy atom. The molecule has 1 atom stereocenters. The van der Waals surface area contributed by atoms with Gasteiger partial charge < -0.3 is 5.32 Å². The molecular weight excluding hydrogens is 320 g/mol. The number of rotatable bonds is 6. The molecule has 5 nitrogen and oxygen atoms in total. The summed E-state index contributed by atoms with van der Waals surface area (Å²) < 4.78 is 4.02. The topological polar surface area (TPSA) is 58.1 Å². The molecule has 0 bridgehead atoms. The molecule has 1 aromatic carbocycles. The van der Waals surface area contributed by atoms with E-state index in [0.29, 0.717) is 12.5 Å². The SMILES string of the molecule is CC(C)c1nnsc1CNC(=O)[C@@H]1CCCN1Cc1ccccc1. The van der Waals surface area contributed by atoms with E-state index < -0.39 is 0 Å². The molecule has 1 aliphatic rings. The van der Waals surface area contributed by atoms with Crippen LogP contribution in [0.15, 0.2) is 30.3 Å². The minimum Gasteiger partial charge on any atom is -0.350 e. The van der Waals surface area contributed by atoms with Gasteiger partial charge in [0.15, 0.2) is 0 Å². The maximum Gasteiger partial charge on any atom is 0.237 e. The second-order valence-electron chi connectivity index (χ2n) is 6.57. The van der Waals surface area contributed by atoms with Crippen LogP contribution in [-0.2, 0) is 17.9 Å². The van der Waals surface area contributed by atoms with Gasteiger partial charge in [0, 0.05) is 6.54 Å². The zero-order valence-corrected chi connectivity index (χ0v) is 15.1. The van der Waals surface area contributed by atoms with Crippen molar-refractivity contribution in [2.75, 3.05) is 6.54 Å². The van der Waals surface area contributed by atoms with Crippen LogP contribution in [0.3, 0.4) is 0 Å². The molecule has 0 radical (unpaired) electrons. The van der Waals surface area contributed by atoms with Crippen molar-refractivity contribution < 1.29 is 4.79 Å². The van der Waals surface area contributed by atoms with Crippen molar-refractivity contribution in [2.45, 2.75) is 51.7 Å². The summed E-state index contributed by atoms with van der Waals surface area (Å²) in [6, 6.07) is 10.3. The lowest BCUT2D eigenvalue weighted by Gasteiger charge is -2.23. The predicted octanol–water partition coefficient (Wildman–Crippen LogP) is 2.94. The van der Waals surface area contributed by atoms with Crippen LogP contribution in [0.5, 0.6) is 0 Å². The summed E-state index contributed by atoms with van der Waals surface area (Å²) in [7, 11) is 0. The Bertz CT molecular complexity index is 671. The van der Waals surface area contributed by atoms with Crippen molar-refractivity contribution in [1.82, 2.24) is 19.8 Å². The van der Waals surface area contributed by atoms with Crippen molar-refractivity contribution in [1.29, 1.82) is 0 Å². The molecule has 0 spiro atoms. The van der Waals surface area contributed by atoms with Crippen molar-refractivity contribution in [3.63, 3.8) is 0 Å². The normalized spacial score (nSPS) is 18.2. The fourth-order valence-electron chi connectivity index (χ4n) is 3.19. The first-order valence-electron chi connectivity index (χ1n) is 8.52. The van der Waals surface area contributed by atoms with Crippen molar-refractivity contribution >= 4 is 17.4 Å². The molecule has 0 saturated carbocycles. The summed E-state index contributed by atoms with van der Waals surface area (Å²) in [4.78, 5) is 16.0. The quantitative estimate of drug-likeness (QED) is 0.875. The molecular formula is C18H24N4OS. The molecule has 1 amide bonds. The van der Waals surface area contributed by atoms with Gasteiger partial charge in [-0.3, -0.25) is 9.69 Å². The fraction of sp³-hybridized carbons (Fsp3) is 0.500. The number of nitrogens with one attached hydrogen (secondary N) is 1. The summed E-state index contributed by atoms with van der Waals surface area (Å²) in [5.41, 5.74) is 2.25. The van der Waals surface area contributed by atoms with Crippen LogP contribution in [0.25, 0.3) is 0 Å². The van der Waals surface area contributed by atoms with E-state index >= 15 is 0 Å². The van der Waals surface area contributed by atoms with E-state index in [-0.39, 0.29) is 11.9 Å². The van der Waals surface area contributed by atoms with Gasteiger partial charge in [-0.15, -0.1) is 5.10 Å². The third-order valence-electron chi connectivity index (χ3n) is 4.45. The summed E-state index contributed by atoms with van der Waals surface area (Å²) in [5.74, 6) is 0.447. The van der Waals surface area contributed by atoms with E-state index in [1.165, 1.54) is 17.1 Å². The number of likely N-dealkylation sites (tertiary alicyclic amines) is 1. The Morgan fingerprint density at radius 2 is 2.17 bits per heavy atom. The Kier molecular flexibility index (Phi) is 5.58. The summed E-state index contributed by atoms with van der Waals surface area (Å²) in [6.07, 6.45) is 2.00. The molecule has 2 heterocycles. The molecule has 0 unspecified atom stereocenters. The minimum atomic E-state index is -0.0337. The van der Waals surface area contributed by atoms with Crippen LogP contribution in [0.1, 0.15) is 48.7 Å². The molecule has 1 aliphatic heterocycles. The standard InChI is InChI=1S/C18H24N4OS/c1-13(2)17-16(24-21-20-17)11-19-18(23)15-9-6-10-22(15)12-14-7-4-3-5-8-14/h3-5,7-8,13,15H,6,9-12H2,1-2H3,(H,19,23)/t15-/m0/s1. The van der Waals surface area contributed by atoms with Crippen LogP contribution in [0.2, 0.25) is 0 Å². The molecule has 1 saturated heterocycles. The summed E-state index contributed by atoms with van der Waals surface area (Å²) in [6.45, 7) is 6.53. The van der Waals surface area contributed by atoms with E-state index in [2.05, 4.69) is 45.8 Å². The number of hydrogen-bond donors (Lipinski definition) is 1. The lowest BCUT2D eigenvalue weighted by molar-refractivity contribution is -0.125. The van der Waals surface area contributed by atoms with Gasteiger partial charge in [0.1, 0.15) is 0 Å². The van der Waals surface area contributed by atoms with E-state index in [9.17, 15) is 4.79 Å². The van der Waals surface area contributed by atoms with Crippen LogP contribution in [0.4, 0.5) is 0 Å². The first kappa shape index (κ1) is 17.0. The Balaban J connectivity index is 1.58.